The number of halogens is 2. The van der Waals surface area contributed by atoms with Crippen molar-refractivity contribution in [1.82, 2.24) is 9.55 Å². The lowest BCUT2D eigenvalue weighted by atomic mass is 10.2. The summed E-state index contributed by atoms with van der Waals surface area (Å²) in [6, 6.07) is 6.40. The minimum atomic E-state index is -0.0447. The van der Waals surface area contributed by atoms with Crippen molar-refractivity contribution in [2.45, 2.75) is 45.0 Å². The fraction of sp³-hybridized carbons (Fsp3) is 0.500. The summed E-state index contributed by atoms with van der Waals surface area (Å²) in [6.07, 6.45) is 3.67. The molecule has 0 N–H and O–H groups in total. The van der Waals surface area contributed by atoms with Gasteiger partial charge in [-0.05, 0) is 54.1 Å². The third kappa shape index (κ3) is 2.99. The number of alkyl halides is 1. The molecule has 0 saturated heterocycles. The number of aryl methyl sites for hydroxylation is 1. The van der Waals surface area contributed by atoms with E-state index in [1.807, 2.05) is 6.92 Å². The van der Waals surface area contributed by atoms with Crippen LogP contribution in [0.2, 0.25) is 0 Å². The fourth-order valence-corrected chi connectivity index (χ4v) is 2.82. The minimum Gasteiger partial charge on any atom is -0.327 e. The number of fused-ring (bicyclic) bond motifs is 1. The Hall–Kier alpha value is -0.290. The van der Waals surface area contributed by atoms with Gasteiger partial charge in [0.2, 0.25) is 0 Å². The van der Waals surface area contributed by atoms with E-state index >= 15 is 0 Å². The topological polar surface area (TPSA) is 17.8 Å². The van der Waals surface area contributed by atoms with Gasteiger partial charge in [-0.15, -0.1) is 11.6 Å². The van der Waals surface area contributed by atoms with Gasteiger partial charge in [0.1, 0.15) is 5.82 Å². The number of rotatable bonds is 5. The average Bonchev–Trinajstić information content (AvgIpc) is 2.68. The molecular formula is C14H18ClIN2. The van der Waals surface area contributed by atoms with Crippen LogP contribution in [0.15, 0.2) is 18.2 Å². The summed E-state index contributed by atoms with van der Waals surface area (Å²) in [5, 5.41) is -0.0447. The van der Waals surface area contributed by atoms with Crippen molar-refractivity contribution in [3.63, 3.8) is 0 Å². The van der Waals surface area contributed by atoms with E-state index in [-0.39, 0.29) is 5.38 Å². The molecule has 0 fully saturated rings. The van der Waals surface area contributed by atoms with Crippen LogP contribution in [0.1, 0.15) is 44.3 Å². The molecule has 0 aliphatic heterocycles. The number of unbranched alkanes of at least 4 members (excludes halogenated alkanes) is 2. The molecule has 0 aliphatic carbocycles. The zero-order chi connectivity index (χ0) is 13.1. The van der Waals surface area contributed by atoms with Crippen LogP contribution in [-0.4, -0.2) is 9.55 Å². The Labute approximate surface area is 127 Å². The molecule has 1 heterocycles. The number of nitrogens with zero attached hydrogens (tertiary/aromatic N) is 2. The highest BCUT2D eigenvalue weighted by Gasteiger charge is 2.14. The molecule has 0 amide bonds. The van der Waals surface area contributed by atoms with Gasteiger partial charge in [0, 0.05) is 10.1 Å². The quantitative estimate of drug-likeness (QED) is 0.402. The second-order valence-electron chi connectivity index (χ2n) is 4.58. The molecule has 98 valence electrons. The van der Waals surface area contributed by atoms with Gasteiger partial charge in [0.15, 0.2) is 0 Å². The summed E-state index contributed by atoms with van der Waals surface area (Å²) in [7, 11) is 0. The molecule has 1 unspecified atom stereocenters. The Morgan fingerprint density at radius 3 is 2.83 bits per heavy atom. The first-order valence-corrected chi connectivity index (χ1v) is 7.94. The maximum atomic E-state index is 6.25. The molecule has 1 aromatic carbocycles. The van der Waals surface area contributed by atoms with Crippen LogP contribution in [0.3, 0.4) is 0 Å². The highest BCUT2D eigenvalue weighted by Crippen LogP contribution is 2.26. The molecule has 0 radical (unpaired) electrons. The van der Waals surface area contributed by atoms with Crippen molar-refractivity contribution in [3.05, 3.63) is 27.6 Å². The zero-order valence-electron chi connectivity index (χ0n) is 10.8. The first-order valence-electron chi connectivity index (χ1n) is 6.43. The van der Waals surface area contributed by atoms with Gasteiger partial charge in [-0.1, -0.05) is 19.8 Å². The SMILES string of the molecule is CCCCCn1c(C(C)Cl)nc2cc(I)ccc21. The summed E-state index contributed by atoms with van der Waals surface area (Å²) in [6.45, 7) is 5.22. The molecule has 0 saturated carbocycles. The number of imidazole rings is 1. The predicted octanol–water partition coefficient (Wildman–Crippen LogP) is 5.13. The van der Waals surface area contributed by atoms with Crippen molar-refractivity contribution < 1.29 is 0 Å². The minimum absolute atomic E-state index is 0.0447. The number of aromatic nitrogens is 2. The second-order valence-corrected chi connectivity index (χ2v) is 6.48. The highest BCUT2D eigenvalue weighted by atomic mass is 127. The van der Waals surface area contributed by atoms with Gasteiger partial charge in [0.25, 0.3) is 0 Å². The van der Waals surface area contributed by atoms with Crippen molar-refractivity contribution in [2.24, 2.45) is 0 Å². The van der Waals surface area contributed by atoms with Crippen molar-refractivity contribution in [1.29, 1.82) is 0 Å². The molecule has 1 aromatic heterocycles. The number of hydrogen-bond acceptors (Lipinski definition) is 1. The third-order valence-corrected chi connectivity index (χ3v) is 3.95. The maximum absolute atomic E-state index is 6.25. The van der Waals surface area contributed by atoms with Gasteiger partial charge in [0.05, 0.1) is 16.4 Å². The van der Waals surface area contributed by atoms with Crippen LogP contribution < -0.4 is 0 Å². The Morgan fingerprint density at radius 1 is 1.39 bits per heavy atom. The molecule has 4 heteroatoms. The molecule has 1 atom stereocenters. The Bertz CT molecular complexity index is 534. The van der Waals surface area contributed by atoms with Crippen LogP contribution >= 0.6 is 34.2 Å². The molecule has 0 spiro atoms. The first kappa shape index (κ1) is 14.1. The maximum Gasteiger partial charge on any atom is 0.127 e. The summed E-state index contributed by atoms with van der Waals surface area (Å²) in [4.78, 5) is 4.68. The van der Waals surface area contributed by atoms with Crippen molar-refractivity contribution >= 4 is 45.2 Å². The Kier molecular flexibility index (Phi) is 4.90. The molecule has 2 rings (SSSR count). The van der Waals surface area contributed by atoms with Crippen LogP contribution in [-0.2, 0) is 6.54 Å². The van der Waals surface area contributed by atoms with E-state index in [2.05, 4.69) is 57.3 Å². The highest BCUT2D eigenvalue weighted by molar-refractivity contribution is 14.1. The average molecular weight is 377 g/mol. The summed E-state index contributed by atoms with van der Waals surface area (Å²) in [5.74, 6) is 0.991. The predicted molar refractivity (Wildman–Crippen MR) is 86.2 cm³/mol. The molecule has 0 bridgehead atoms. The van der Waals surface area contributed by atoms with Crippen LogP contribution in [0, 0.1) is 3.57 Å². The van der Waals surface area contributed by atoms with Crippen LogP contribution in [0.4, 0.5) is 0 Å². The fourth-order valence-electron chi connectivity index (χ4n) is 2.18. The van der Waals surface area contributed by atoms with Crippen molar-refractivity contribution in [2.75, 3.05) is 0 Å². The molecule has 2 aromatic rings. The van der Waals surface area contributed by atoms with Gasteiger partial charge < -0.3 is 4.57 Å². The van der Waals surface area contributed by atoms with Gasteiger partial charge >= 0.3 is 0 Å². The van der Waals surface area contributed by atoms with Gasteiger partial charge in [-0.2, -0.15) is 0 Å². The monoisotopic (exact) mass is 376 g/mol. The summed E-state index contributed by atoms with van der Waals surface area (Å²) >= 11 is 8.57. The normalized spacial score (nSPS) is 13.1. The van der Waals surface area contributed by atoms with E-state index in [0.717, 1.165) is 17.9 Å². The molecule has 2 nitrogen and oxygen atoms in total. The first-order chi connectivity index (χ1) is 8.63. The molecule has 0 aliphatic rings. The largest absolute Gasteiger partial charge is 0.327 e. The van der Waals surface area contributed by atoms with E-state index in [9.17, 15) is 0 Å². The van der Waals surface area contributed by atoms with Gasteiger partial charge in [-0.25, -0.2) is 4.98 Å². The van der Waals surface area contributed by atoms with E-state index < -0.39 is 0 Å². The number of hydrogen-bond donors (Lipinski definition) is 0. The lowest BCUT2D eigenvalue weighted by Crippen LogP contribution is -2.04. The van der Waals surface area contributed by atoms with Crippen molar-refractivity contribution in [3.8, 4) is 0 Å². The van der Waals surface area contributed by atoms with E-state index in [1.54, 1.807) is 0 Å². The standard InChI is InChI=1S/C14H18ClIN2/c1-3-4-5-8-18-13-7-6-11(16)9-12(13)17-14(18)10(2)15/h6-7,9-10H,3-5,8H2,1-2H3. The molecule has 18 heavy (non-hydrogen) atoms. The summed E-state index contributed by atoms with van der Waals surface area (Å²) < 4.78 is 3.49. The van der Waals surface area contributed by atoms with E-state index in [1.165, 1.54) is 28.3 Å². The number of benzene rings is 1. The van der Waals surface area contributed by atoms with Gasteiger partial charge in [-0.3, -0.25) is 0 Å². The van der Waals surface area contributed by atoms with Crippen LogP contribution in [0.25, 0.3) is 11.0 Å². The lowest BCUT2D eigenvalue weighted by molar-refractivity contribution is 0.591. The van der Waals surface area contributed by atoms with Crippen LogP contribution in [0.5, 0.6) is 0 Å². The summed E-state index contributed by atoms with van der Waals surface area (Å²) in [5.41, 5.74) is 2.26. The third-order valence-electron chi connectivity index (χ3n) is 3.08. The van der Waals surface area contributed by atoms with E-state index in [4.69, 9.17) is 11.6 Å². The Balaban J connectivity index is 2.42. The second kappa shape index (κ2) is 6.24. The van der Waals surface area contributed by atoms with E-state index in [0.29, 0.717) is 0 Å². The zero-order valence-corrected chi connectivity index (χ0v) is 13.7. The Morgan fingerprint density at radius 2 is 2.17 bits per heavy atom. The smallest absolute Gasteiger partial charge is 0.127 e. The molecular weight excluding hydrogens is 359 g/mol. The lowest BCUT2D eigenvalue weighted by Gasteiger charge is -2.10.